The SMILES string of the molecule is CC(c1cc(N2CCNCC2)cc(Nc2ccccc2)c1S(C)(=O)=O)C(F)(F)F.Cl. The Morgan fingerprint density at radius 1 is 1.10 bits per heavy atom. The number of rotatable bonds is 5. The summed E-state index contributed by atoms with van der Waals surface area (Å²) in [5.74, 6) is -1.92. The van der Waals surface area contributed by atoms with Gasteiger partial charge in [0, 0.05) is 43.8 Å². The molecule has 0 amide bonds. The van der Waals surface area contributed by atoms with Gasteiger partial charge in [0.1, 0.15) is 0 Å². The summed E-state index contributed by atoms with van der Waals surface area (Å²) in [7, 11) is -3.93. The third-order valence-corrected chi connectivity index (χ3v) is 6.16. The molecule has 30 heavy (non-hydrogen) atoms. The molecule has 0 radical (unpaired) electrons. The van der Waals surface area contributed by atoms with Crippen molar-refractivity contribution in [2.75, 3.05) is 42.7 Å². The minimum absolute atomic E-state index is 0. The van der Waals surface area contributed by atoms with Crippen LogP contribution in [0.1, 0.15) is 18.4 Å². The molecule has 1 aliphatic heterocycles. The summed E-state index contributed by atoms with van der Waals surface area (Å²) < 4.78 is 65.9. The molecule has 0 aromatic heterocycles. The van der Waals surface area contributed by atoms with Crippen LogP contribution >= 0.6 is 12.4 Å². The van der Waals surface area contributed by atoms with Crippen LogP contribution in [0.25, 0.3) is 0 Å². The summed E-state index contributed by atoms with van der Waals surface area (Å²) in [5, 5.41) is 6.22. The first-order chi connectivity index (χ1) is 13.6. The zero-order valence-electron chi connectivity index (χ0n) is 16.7. The zero-order valence-corrected chi connectivity index (χ0v) is 18.3. The van der Waals surface area contributed by atoms with Crippen molar-refractivity contribution in [1.82, 2.24) is 5.32 Å². The molecule has 1 aliphatic rings. The Bertz CT molecular complexity index is 963. The second kappa shape index (κ2) is 9.45. The third-order valence-electron chi connectivity index (χ3n) is 4.97. The van der Waals surface area contributed by atoms with Gasteiger partial charge >= 0.3 is 6.18 Å². The van der Waals surface area contributed by atoms with Crippen LogP contribution in [0.5, 0.6) is 0 Å². The Hall–Kier alpha value is -1.97. The van der Waals surface area contributed by atoms with E-state index in [0.29, 0.717) is 37.6 Å². The van der Waals surface area contributed by atoms with Crippen molar-refractivity contribution in [2.24, 2.45) is 0 Å². The number of halogens is 4. The third kappa shape index (κ3) is 5.59. The van der Waals surface area contributed by atoms with Crippen molar-refractivity contribution in [2.45, 2.75) is 23.9 Å². The number of para-hydroxylation sites is 1. The van der Waals surface area contributed by atoms with Gasteiger partial charge in [-0.15, -0.1) is 12.4 Å². The fourth-order valence-electron chi connectivity index (χ4n) is 3.42. The number of nitrogens with zero attached hydrogens (tertiary/aromatic N) is 1. The Kier molecular flexibility index (Phi) is 7.65. The molecule has 2 aromatic rings. The zero-order chi connectivity index (χ0) is 21.2. The van der Waals surface area contributed by atoms with Gasteiger partial charge in [0.05, 0.1) is 16.5 Å². The first-order valence-corrected chi connectivity index (χ1v) is 11.2. The van der Waals surface area contributed by atoms with Gasteiger partial charge in [-0.3, -0.25) is 0 Å². The van der Waals surface area contributed by atoms with E-state index < -0.39 is 21.9 Å². The van der Waals surface area contributed by atoms with E-state index in [0.717, 1.165) is 13.2 Å². The van der Waals surface area contributed by atoms with E-state index in [2.05, 4.69) is 10.6 Å². The van der Waals surface area contributed by atoms with Crippen LogP contribution in [0, 0.1) is 0 Å². The molecule has 1 unspecified atom stereocenters. The molecule has 0 spiro atoms. The molecule has 1 heterocycles. The number of anilines is 3. The van der Waals surface area contributed by atoms with Gasteiger partial charge in [-0.25, -0.2) is 8.42 Å². The van der Waals surface area contributed by atoms with Gasteiger partial charge in [0.15, 0.2) is 9.84 Å². The normalized spacial score (nSPS) is 16.0. The van der Waals surface area contributed by atoms with Crippen LogP contribution in [0.2, 0.25) is 0 Å². The van der Waals surface area contributed by atoms with Crippen molar-refractivity contribution in [1.29, 1.82) is 0 Å². The number of hydrogen-bond donors (Lipinski definition) is 2. The average Bonchev–Trinajstić information content (AvgIpc) is 2.66. The summed E-state index contributed by atoms with van der Waals surface area (Å²) in [6.45, 7) is 3.67. The molecule has 1 atom stereocenters. The number of piperazine rings is 1. The average molecular weight is 464 g/mol. The lowest BCUT2D eigenvalue weighted by atomic mass is 9.98. The summed E-state index contributed by atoms with van der Waals surface area (Å²) in [6, 6.07) is 11.8. The largest absolute Gasteiger partial charge is 0.395 e. The van der Waals surface area contributed by atoms with E-state index in [-0.39, 0.29) is 28.6 Å². The van der Waals surface area contributed by atoms with Crippen LogP contribution in [-0.4, -0.2) is 47.0 Å². The van der Waals surface area contributed by atoms with E-state index in [1.807, 2.05) is 4.90 Å². The van der Waals surface area contributed by atoms with E-state index in [1.54, 1.807) is 36.4 Å². The second-order valence-corrected chi connectivity index (χ2v) is 9.13. The van der Waals surface area contributed by atoms with Crippen molar-refractivity contribution in [3.8, 4) is 0 Å². The molecule has 0 aliphatic carbocycles. The van der Waals surface area contributed by atoms with E-state index in [4.69, 9.17) is 0 Å². The smallest absolute Gasteiger partial charge is 0.369 e. The van der Waals surface area contributed by atoms with Gasteiger partial charge < -0.3 is 15.5 Å². The van der Waals surface area contributed by atoms with Crippen LogP contribution < -0.4 is 15.5 Å². The molecule has 1 saturated heterocycles. The van der Waals surface area contributed by atoms with Gasteiger partial charge in [0.2, 0.25) is 0 Å². The highest BCUT2D eigenvalue weighted by Gasteiger charge is 2.40. The Morgan fingerprint density at radius 2 is 1.70 bits per heavy atom. The fraction of sp³-hybridized carbons (Fsp3) is 0.400. The molecular weight excluding hydrogens is 439 g/mol. The molecule has 10 heteroatoms. The molecule has 0 saturated carbocycles. The van der Waals surface area contributed by atoms with Gasteiger partial charge in [-0.05, 0) is 36.8 Å². The number of nitrogens with one attached hydrogen (secondary N) is 2. The predicted molar refractivity (Wildman–Crippen MR) is 116 cm³/mol. The highest BCUT2D eigenvalue weighted by molar-refractivity contribution is 7.91. The number of sulfone groups is 1. The maximum atomic E-state index is 13.6. The summed E-state index contributed by atoms with van der Waals surface area (Å²) in [5.41, 5.74) is 1.08. The predicted octanol–water partition coefficient (Wildman–Crippen LogP) is 4.33. The van der Waals surface area contributed by atoms with Crippen molar-refractivity contribution < 1.29 is 21.6 Å². The van der Waals surface area contributed by atoms with E-state index >= 15 is 0 Å². The molecule has 3 rings (SSSR count). The van der Waals surface area contributed by atoms with Crippen LogP contribution in [0.15, 0.2) is 47.4 Å². The topological polar surface area (TPSA) is 61.4 Å². The summed E-state index contributed by atoms with van der Waals surface area (Å²) >= 11 is 0. The molecule has 2 aromatic carbocycles. The fourth-order valence-corrected chi connectivity index (χ4v) is 4.60. The lowest BCUT2D eigenvalue weighted by Gasteiger charge is -2.32. The highest BCUT2D eigenvalue weighted by Crippen LogP contribution is 2.42. The van der Waals surface area contributed by atoms with E-state index in [9.17, 15) is 21.6 Å². The van der Waals surface area contributed by atoms with Crippen LogP contribution in [0.4, 0.5) is 30.2 Å². The van der Waals surface area contributed by atoms with Crippen molar-refractivity contribution in [3.05, 3.63) is 48.0 Å². The maximum absolute atomic E-state index is 13.6. The molecular formula is C20H25ClF3N3O2S. The first kappa shape index (κ1) is 24.3. The standard InChI is InChI=1S/C20H24F3N3O2S.ClH/c1-14(20(21,22)23)17-12-16(26-10-8-24-9-11-26)13-18(19(17)29(2,27)28)25-15-6-4-3-5-7-15;/h3-7,12-14,24-25H,8-11H2,1-2H3;1H. The Balaban J connectivity index is 0.00000320. The highest BCUT2D eigenvalue weighted by atomic mass is 35.5. The maximum Gasteiger partial charge on any atom is 0.395 e. The first-order valence-electron chi connectivity index (χ1n) is 9.30. The lowest BCUT2D eigenvalue weighted by molar-refractivity contribution is -0.146. The Morgan fingerprint density at radius 3 is 2.23 bits per heavy atom. The van der Waals surface area contributed by atoms with Gasteiger partial charge in [0.25, 0.3) is 0 Å². The van der Waals surface area contributed by atoms with Crippen LogP contribution in [0.3, 0.4) is 0 Å². The molecule has 1 fully saturated rings. The molecule has 0 bridgehead atoms. The summed E-state index contributed by atoms with van der Waals surface area (Å²) in [4.78, 5) is 1.65. The lowest BCUT2D eigenvalue weighted by Crippen LogP contribution is -2.43. The molecule has 166 valence electrons. The van der Waals surface area contributed by atoms with Crippen molar-refractivity contribution in [3.63, 3.8) is 0 Å². The number of alkyl halides is 3. The van der Waals surface area contributed by atoms with Crippen LogP contribution in [-0.2, 0) is 9.84 Å². The second-order valence-electron chi connectivity index (χ2n) is 7.18. The minimum Gasteiger partial charge on any atom is -0.369 e. The van der Waals surface area contributed by atoms with E-state index in [1.165, 1.54) is 6.07 Å². The van der Waals surface area contributed by atoms with Gasteiger partial charge in [-0.2, -0.15) is 13.2 Å². The number of benzene rings is 2. The van der Waals surface area contributed by atoms with Gasteiger partial charge in [-0.1, -0.05) is 18.2 Å². The van der Waals surface area contributed by atoms with Crippen molar-refractivity contribution >= 4 is 39.3 Å². The summed E-state index contributed by atoms with van der Waals surface area (Å²) in [6.07, 6.45) is -3.62. The molecule has 2 N–H and O–H groups in total. The number of hydrogen-bond acceptors (Lipinski definition) is 5. The monoisotopic (exact) mass is 463 g/mol. The quantitative estimate of drug-likeness (QED) is 0.691. The molecule has 5 nitrogen and oxygen atoms in total. The Labute approximate surface area is 181 Å². The minimum atomic E-state index is -4.56.